The van der Waals surface area contributed by atoms with Gasteiger partial charge in [0.2, 0.25) is 5.91 Å². The number of hydrogen-bond donors (Lipinski definition) is 2. The topological polar surface area (TPSA) is 95.6 Å². The third-order valence-electron chi connectivity index (χ3n) is 6.00. The summed E-state index contributed by atoms with van der Waals surface area (Å²) in [4.78, 5) is 50.5. The molecule has 0 bridgehead atoms. The van der Waals surface area contributed by atoms with Crippen molar-refractivity contribution < 1.29 is 19.2 Å². The highest BCUT2D eigenvalue weighted by Crippen LogP contribution is 2.36. The number of nitrogens with zero attached hydrogens (tertiary/aromatic N) is 1. The van der Waals surface area contributed by atoms with Crippen LogP contribution < -0.4 is 10.6 Å². The maximum Gasteiger partial charge on any atom is 0.325 e. The summed E-state index contributed by atoms with van der Waals surface area (Å²) in [5.41, 5.74) is 1.23. The van der Waals surface area contributed by atoms with Gasteiger partial charge in [-0.15, -0.1) is 0 Å². The second-order valence-corrected chi connectivity index (χ2v) is 7.93. The van der Waals surface area contributed by atoms with E-state index in [2.05, 4.69) is 17.6 Å². The van der Waals surface area contributed by atoms with Crippen LogP contribution in [0.1, 0.15) is 54.9 Å². The van der Waals surface area contributed by atoms with Crippen molar-refractivity contribution in [1.82, 2.24) is 10.2 Å². The summed E-state index contributed by atoms with van der Waals surface area (Å²) < 4.78 is 0. The Morgan fingerprint density at radius 2 is 1.93 bits per heavy atom. The zero-order chi connectivity index (χ0) is 19.2. The molecule has 1 aromatic carbocycles. The molecule has 142 valence electrons. The molecule has 2 fully saturated rings. The van der Waals surface area contributed by atoms with Gasteiger partial charge in [0.15, 0.2) is 5.78 Å². The molecule has 2 aliphatic heterocycles. The Balaban J connectivity index is 1.49. The Hall–Kier alpha value is -2.70. The Morgan fingerprint density at radius 1 is 1.19 bits per heavy atom. The van der Waals surface area contributed by atoms with E-state index in [4.69, 9.17) is 0 Å². The molecule has 3 aliphatic rings. The highest BCUT2D eigenvalue weighted by Gasteiger charge is 2.52. The number of anilines is 1. The molecule has 1 spiro atoms. The number of aryl methyl sites for hydroxylation is 1. The second-order valence-electron chi connectivity index (χ2n) is 7.93. The molecule has 7 nitrogen and oxygen atoms in total. The second kappa shape index (κ2) is 6.48. The minimum absolute atomic E-state index is 0.0343. The zero-order valence-electron chi connectivity index (χ0n) is 15.3. The summed E-state index contributed by atoms with van der Waals surface area (Å²) >= 11 is 0. The van der Waals surface area contributed by atoms with Crippen molar-refractivity contribution in [1.29, 1.82) is 0 Å². The van der Waals surface area contributed by atoms with E-state index in [1.165, 1.54) is 0 Å². The molecule has 0 atom stereocenters. The van der Waals surface area contributed by atoms with Crippen LogP contribution in [0.15, 0.2) is 18.2 Å². The molecular formula is C20H23N3O4. The number of urea groups is 1. The van der Waals surface area contributed by atoms with Crippen LogP contribution in [0.5, 0.6) is 0 Å². The summed E-state index contributed by atoms with van der Waals surface area (Å²) in [6.45, 7) is 1.89. The number of hydrogen-bond acceptors (Lipinski definition) is 4. The molecule has 0 unspecified atom stereocenters. The predicted molar refractivity (Wildman–Crippen MR) is 98.3 cm³/mol. The van der Waals surface area contributed by atoms with Gasteiger partial charge < -0.3 is 10.6 Å². The molecule has 2 N–H and O–H groups in total. The SMILES string of the molecule is CC1CCC2(CC1)NC(=O)N(CC(=O)c1ccc3c(c1)CCC(=O)N3)C2=O. The number of Topliss-reactive ketones (excluding diaryl/α,β-unsaturated/α-hetero) is 1. The van der Waals surface area contributed by atoms with E-state index in [-0.39, 0.29) is 24.1 Å². The molecule has 1 saturated heterocycles. The predicted octanol–water partition coefficient (Wildman–Crippen LogP) is 2.25. The number of ketones is 1. The number of carbonyl (C=O) groups is 4. The maximum atomic E-state index is 12.9. The van der Waals surface area contributed by atoms with E-state index in [9.17, 15) is 19.2 Å². The van der Waals surface area contributed by atoms with Gasteiger partial charge in [-0.2, -0.15) is 0 Å². The third kappa shape index (κ3) is 3.11. The number of fused-ring (bicyclic) bond motifs is 1. The lowest BCUT2D eigenvalue weighted by molar-refractivity contribution is -0.132. The molecule has 4 rings (SSSR count). The van der Waals surface area contributed by atoms with Gasteiger partial charge in [-0.25, -0.2) is 4.79 Å². The van der Waals surface area contributed by atoms with E-state index < -0.39 is 11.6 Å². The first-order valence-corrected chi connectivity index (χ1v) is 9.48. The number of amides is 4. The fourth-order valence-corrected chi connectivity index (χ4v) is 4.21. The van der Waals surface area contributed by atoms with Gasteiger partial charge in [-0.05, 0) is 61.8 Å². The smallest absolute Gasteiger partial charge is 0.325 e. The molecule has 1 aromatic rings. The van der Waals surface area contributed by atoms with Gasteiger partial charge in [0.1, 0.15) is 5.54 Å². The highest BCUT2D eigenvalue weighted by molar-refractivity contribution is 6.11. The van der Waals surface area contributed by atoms with Gasteiger partial charge in [0, 0.05) is 17.7 Å². The van der Waals surface area contributed by atoms with Crippen LogP contribution in [0.25, 0.3) is 0 Å². The van der Waals surface area contributed by atoms with Gasteiger partial charge >= 0.3 is 6.03 Å². The number of nitrogens with one attached hydrogen (secondary N) is 2. The average Bonchev–Trinajstić information content (AvgIpc) is 2.88. The number of imide groups is 1. The summed E-state index contributed by atoms with van der Waals surface area (Å²) in [6, 6.07) is 4.60. The van der Waals surface area contributed by atoms with Gasteiger partial charge in [-0.3, -0.25) is 19.3 Å². The van der Waals surface area contributed by atoms with Crippen molar-refractivity contribution in [2.24, 2.45) is 5.92 Å². The third-order valence-corrected chi connectivity index (χ3v) is 6.00. The first-order chi connectivity index (χ1) is 12.9. The fraction of sp³-hybridized carbons (Fsp3) is 0.500. The highest BCUT2D eigenvalue weighted by atomic mass is 16.2. The molecule has 1 saturated carbocycles. The lowest BCUT2D eigenvalue weighted by Crippen LogP contribution is -2.49. The van der Waals surface area contributed by atoms with Crippen molar-refractivity contribution in [3.05, 3.63) is 29.3 Å². The monoisotopic (exact) mass is 369 g/mol. The quantitative estimate of drug-likeness (QED) is 0.631. The molecule has 27 heavy (non-hydrogen) atoms. The normalized spacial score (nSPS) is 27.4. The van der Waals surface area contributed by atoms with E-state index in [0.717, 1.165) is 23.3 Å². The first-order valence-electron chi connectivity index (χ1n) is 9.48. The summed E-state index contributed by atoms with van der Waals surface area (Å²) in [5, 5.41) is 5.62. The first kappa shape index (κ1) is 17.7. The largest absolute Gasteiger partial charge is 0.326 e. The molecule has 0 aromatic heterocycles. The van der Waals surface area contributed by atoms with Crippen molar-refractivity contribution in [3.63, 3.8) is 0 Å². The molecule has 2 heterocycles. The Kier molecular flexibility index (Phi) is 4.25. The fourth-order valence-electron chi connectivity index (χ4n) is 4.21. The Morgan fingerprint density at radius 3 is 2.67 bits per heavy atom. The molecule has 7 heteroatoms. The Labute approximate surface area is 157 Å². The van der Waals surface area contributed by atoms with Crippen LogP contribution in [-0.2, 0) is 16.0 Å². The van der Waals surface area contributed by atoms with Crippen LogP contribution in [0, 0.1) is 5.92 Å². The van der Waals surface area contributed by atoms with Crippen LogP contribution in [-0.4, -0.2) is 40.6 Å². The van der Waals surface area contributed by atoms with Crippen LogP contribution in [0.3, 0.4) is 0 Å². The van der Waals surface area contributed by atoms with Crippen molar-refractivity contribution in [2.75, 3.05) is 11.9 Å². The zero-order valence-corrected chi connectivity index (χ0v) is 15.3. The lowest BCUT2D eigenvalue weighted by Gasteiger charge is -2.33. The van der Waals surface area contributed by atoms with Crippen molar-refractivity contribution >= 4 is 29.3 Å². The number of rotatable bonds is 3. The molecular weight excluding hydrogens is 346 g/mol. The molecule has 4 amide bonds. The van der Waals surface area contributed by atoms with Crippen LogP contribution in [0.2, 0.25) is 0 Å². The summed E-state index contributed by atoms with van der Waals surface area (Å²) in [7, 11) is 0. The number of benzene rings is 1. The lowest BCUT2D eigenvalue weighted by atomic mass is 9.77. The minimum Gasteiger partial charge on any atom is -0.326 e. The van der Waals surface area contributed by atoms with Crippen LogP contribution >= 0.6 is 0 Å². The van der Waals surface area contributed by atoms with E-state index in [1.807, 2.05) is 0 Å². The van der Waals surface area contributed by atoms with E-state index in [0.29, 0.717) is 42.9 Å². The number of carbonyl (C=O) groups excluding carboxylic acids is 4. The van der Waals surface area contributed by atoms with Gasteiger partial charge in [0.25, 0.3) is 5.91 Å². The average molecular weight is 369 g/mol. The standard InChI is InChI=1S/C20H23N3O4/c1-12-6-8-20(9-7-12)18(26)23(19(27)22-20)11-16(24)14-2-4-15-13(10-14)3-5-17(25)21-15/h2,4,10,12H,3,5-9,11H2,1H3,(H,21,25)(H,22,27). The van der Waals surface area contributed by atoms with Gasteiger partial charge in [-0.1, -0.05) is 6.92 Å². The van der Waals surface area contributed by atoms with Crippen molar-refractivity contribution in [2.45, 2.75) is 51.0 Å². The minimum atomic E-state index is -0.829. The van der Waals surface area contributed by atoms with Crippen LogP contribution in [0.4, 0.5) is 10.5 Å². The van der Waals surface area contributed by atoms with E-state index in [1.54, 1.807) is 18.2 Å². The summed E-state index contributed by atoms with van der Waals surface area (Å²) in [6.07, 6.45) is 4.00. The van der Waals surface area contributed by atoms with Crippen molar-refractivity contribution in [3.8, 4) is 0 Å². The molecule has 0 radical (unpaired) electrons. The van der Waals surface area contributed by atoms with E-state index >= 15 is 0 Å². The Bertz CT molecular complexity index is 840. The van der Waals surface area contributed by atoms with Gasteiger partial charge in [0.05, 0.1) is 6.54 Å². The molecule has 1 aliphatic carbocycles. The summed E-state index contributed by atoms with van der Waals surface area (Å²) in [5.74, 6) is -0.0441. The maximum absolute atomic E-state index is 12.9.